The standard InChI is InChI=1S/C14H21ClN2S/c1-4-10(2)8-17(3)9-12-6-5-11(14(16)18)7-13(12)15/h5-7,10H,4,8-9H2,1-3H3,(H2,16,18). The normalized spacial score (nSPS) is 12.7. The van der Waals surface area contributed by atoms with Crippen LogP contribution >= 0.6 is 23.8 Å². The van der Waals surface area contributed by atoms with E-state index in [0.717, 1.165) is 29.2 Å². The summed E-state index contributed by atoms with van der Waals surface area (Å²) in [6.45, 7) is 6.39. The minimum Gasteiger partial charge on any atom is -0.389 e. The van der Waals surface area contributed by atoms with E-state index in [2.05, 4.69) is 25.8 Å². The van der Waals surface area contributed by atoms with Gasteiger partial charge in [-0.3, -0.25) is 0 Å². The molecule has 1 rings (SSSR count). The van der Waals surface area contributed by atoms with Crippen molar-refractivity contribution in [2.45, 2.75) is 26.8 Å². The Morgan fingerprint density at radius 1 is 1.50 bits per heavy atom. The maximum atomic E-state index is 6.25. The molecule has 2 N–H and O–H groups in total. The molecule has 0 saturated heterocycles. The van der Waals surface area contributed by atoms with Gasteiger partial charge >= 0.3 is 0 Å². The summed E-state index contributed by atoms with van der Waals surface area (Å²) in [5.74, 6) is 0.699. The maximum absolute atomic E-state index is 6.25. The highest BCUT2D eigenvalue weighted by Gasteiger charge is 2.08. The SMILES string of the molecule is CCC(C)CN(C)Cc1ccc(C(N)=S)cc1Cl. The van der Waals surface area contributed by atoms with Gasteiger partial charge in [-0.1, -0.05) is 56.2 Å². The predicted octanol–water partition coefficient (Wildman–Crippen LogP) is 3.45. The lowest BCUT2D eigenvalue weighted by molar-refractivity contribution is 0.275. The molecule has 0 aromatic heterocycles. The van der Waals surface area contributed by atoms with Gasteiger partial charge in [-0.15, -0.1) is 0 Å². The van der Waals surface area contributed by atoms with E-state index in [1.807, 2.05) is 18.2 Å². The van der Waals surface area contributed by atoms with Gasteiger partial charge in [0, 0.05) is 23.7 Å². The molecule has 1 atom stereocenters. The highest BCUT2D eigenvalue weighted by molar-refractivity contribution is 7.80. The fraction of sp³-hybridized carbons (Fsp3) is 0.500. The Morgan fingerprint density at radius 2 is 2.17 bits per heavy atom. The van der Waals surface area contributed by atoms with Gasteiger partial charge in [-0.25, -0.2) is 0 Å². The molecule has 0 saturated carbocycles. The van der Waals surface area contributed by atoms with Crippen LogP contribution in [0.4, 0.5) is 0 Å². The molecule has 100 valence electrons. The Morgan fingerprint density at radius 3 is 2.67 bits per heavy atom. The van der Waals surface area contributed by atoms with Crippen LogP contribution in [0.3, 0.4) is 0 Å². The first-order valence-electron chi connectivity index (χ1n) is 6.20. The zero-order chi connectivity index (χ0) is 13.7. The van der Waals surface area contributed by atoms with E-state index in [4.69, 9.17) is 29.6 Å². The molecule has 0 aliphatic heterocycles. The molecule has 0 aliphatic rings. The van der Waals surface area contributed by atoms with E-state index in [9.17, 15) is 0 Å². The third-order valence-corrected chi connectivity index (χ3v) is 3.69. The average molecular weight is 285 g/mol. The molecule has 2 nitrogen and oxygen atoms in total. The van der Waals surface area contributed by atoms with Crippen LogP contribution in [0.1, 0.15) is 31.4 Å². The highest BCUT2D eigenvalue weighted by Crippen LogP contribution is 2.20. The summed E-state index contributed by atoms with van der Waals surface area (Å²) in [6, 6.07) is 5.78. The van der Waals surface area contributed by atoms with Gasteiger partial charge < -0.3 is 10.6 Å². The first-order chi connectivity index (χ1) is 8.43. The first-order valence-corrected chi connectivity index (χ1v) is 6.99. The molecule has 1 aromatic carbocycles. The lowest BCUT2D eigenvalue weighted by Crippen LogP contribution is -2.24. The number of nitrogens with two attached hydrogens (primary N) is 1. The van der Waals surface area contributed by atoms with Crippen molar-refractivity contribution in [1.82, 2.24) is 4.90 Å². The number of nitrogens with zero attached hydrogens (tertiary/aromatic N) is 1. The molecule has 0 radical (unpaired) electrons. The molecule has 0 aliphatic carbocycles. The number of benzene rings is 1. The van der Waals surface area contributed by atoms with Gasteiger partial charge in [0.2, 0.25) is 0 Å². The highest BCUT2D eigenvalue weighted by atomic mass is 35.5. The van der Waals surface area contributed by atoms with Crippen LogP contribution in [0.25, 0.3) is 0 Å². The predicted molar refractivity (Wildman–Crippen MR) is 83.1 cm³/mol. The topological polar surface area (TPSA) is 29.3 Å². The van der Waals surface area contributed by atoms with Gasteiger partial charge in [0.1, 0.15) is 4.99 Å². The summed E-state index contributed by atoms with van der Waals surface area (Å²) in [7, 11) is 2.12. The Hall–Kier alpha value is -0.640. The van der Waals surface area contributed by atoms with E-state index in [1.165, 1.54) is 6.42 Å². The van der Waals surface area contributed by atoms with Crippen molar-refractivity contribution >= 4 is 28.8 Å². The summed E-state index contributed by atoms with van der Waals surface area (Å²) in [4.78, 5) is 2.67. The van der Waals surface area contributed by atoms with Gasteiger partial charge in [0.25, 0.3) is 0 Å². The van der Waals surface area contributed by atoms with Crippen LogP contribution in [0.5, 0.6) is 0 Å². The fourth-order valence-electron chi connectivity index (χ4n) is 1.85. The van der Waals surface area contributed by atoms with Gasteiger partial charge in [0.15, 0.2) is 0 Å². The minimum absolute atomic E-state index is 0.386. The lowest BCUT2D eigenvalue weighted by Gasteiger charge is -2.21. The second kappa shape index (κ2) is 7.07. The van der Waals surface area contributed by atoms with Crippen molar-refractivity contribution in [1.29, 1.82) is 0 Å². The Bertz CT molecular complexity index is 420. The third-order valence-electron chi connectivity index (χ3n) is 3.10. The van der Waals surface area contributed by atoms with Gasteiger partial charge in [-0.2, -0.15) is 0 Å². The van der Waals surface area contributed by atoms with E-state index in [1.54, 1.807) is 0 Å². The molecular weight excluding hydrogens is 264 g/mol. The number of rotatable bonds is 6. The van der Waals surface area contributed by atoms with Gasteiger partial charge in [-0.05, 0) is 24.6 Å². The van der Waals surface area contributed by atoms with Crippen LogP contribution in [0, 0.1) is 5.92 Å². The van der Waals surface area contributed by atoms with Crippen molar-refractivity contribution in [2.75, 3.05) is 13.6 Å². The largest absolute Gasteiger partial charge is 0.389 e. The molecule has 4 heteroatoms. The number of hydrogen-bond acceptors (Lipinski definition) is 2. The summed E-state index contributed by atoms with van der Waals surface area (Å²) in [5.41, 5.74) is 7.52. The second-order valence-corrected chi connectivity index (χ2v) is 5.73. The van der Waals surface area contributed by atoms with Crippen molar-refractivity contribution < 1.29 is 0 Å². The van der Waals surface area contributed by atoms with E-state index >= 15 is 0 Å². The van der Waals surface area contributed by atoms with Crippen molar-refractivity contribution in [3.8, 4) is 0 Å². The molecule has 18 heavy (non-hydrogen) atoms. The fourth-order valence-corrected chi connectivity index (χ4v) is 2.21. The van der Waals surface area contributed by atoms with Crippen LogP contribution in [0.2, 0.25) is 5.02 Å². The molecule has 0 heterocycles. The van der Waals surface area contributed by atoms with Crippen molar-refractivity contribution in [3.63, 3.8) is 0 Å². The van der Waals surface area contributed by atoms with Crippen molar-refractivity contribution in [3.05, 3.63) is 34.3 Å². The van der Waals surface area contributed by atoms with Crippen LogP contribution in [-0.4, -0.2) is 23.5 Å². The van der Waals surface area contributed by atoms with Crippen LogP contribution < -0.4 is 5.73 Å². The molecule has 0 fully saturated rings. The molecule has 1 aromatic rings. The molecular formula is C14H21ClN2S. The van der Waals surface area contributed by atoms with E-state index < -0.39 is 0 Å². The summed E-state index contributed by atoms with van der Waals surface area (Å²) < 4.78 is 0. The third kappa shape index (κ3) is 4.56. The summed E-state index contributed by atoms with van der Waals surface area (Å²) in [5, 5.41) is 0.733. The zero-order valence-electron chi connectivity index (χ0n) is 11.2. The van der Waals surface area contributed by atoms with Crippen LogP contribution in [-0.2, 0) is 6.54 Å². The maximum Gasteiger partial charge on any atom is 0.104 e. The number of hydrogen-bond donors (Lipinski definition) is 1. The summed E-state index contributed by atoms with van der Waals surface area (Å²) >= 11 is 11.2. The molecule has 0 spiro atoms. The number of thiocarbonyl (C=S) groups is 1. The quantitative estimate of drug-likeness (QED) is 0.811. The Kier molecular flexibility index (Phi) is 6.06. The minimum atomic E-state index is 0.386. The van der Waals surface area contributed by atoms with E-state index in [-0.39, 0.29) is 0 Å². The lowest BCUT2D eigenvalue weighted by atomic mass is 10.1. The Balaban J connectivity index is 2.70. The summed E-state index contributed by atoms with van der Waals surface area (Å²) in [6.07, 6.45) is 1.19. The molecule has 0 amide bonds. The molecule has 1 unspecified atom stereocenters. The van der Waals surface area contributed by atoms with E-state index in [0.29, 0.717) is 10.9 Å². The first kappa shape index (κ1) is 15.4. The van der Waals surface area contributed by atoms with Crippen molar-refractivity contribution in [2.24, 2.45) is 11.7 Å². The second-order valence-electron chi connectivity index (χ2n) is 4.88. The smallest absolute Gasteiger partial charge is 0.104 e. The van der Waals surface area contributed by atoms with Crippen LogP contribution in [0.15, 0.2) is 18.2 Å². The average Bonchev–Trinajstić information content (AvgIpc) is 2.31. The molecule has 0 bridgehead atoms. The Labute approximate surface area is 120 Å². The van der Waals surface area contributed by atoms with Gasteiger partial charge in [0.05, 0.1) is 0 Å². The zero-order valence-corrected chi connectivity index (χ0v) is 12.8. The number of halogens is 1. The monoisotopic (exact) mass is 284 g/mol.